The van der Waals surface area contributed by atoms with Gasteiger partial charge in [0.25, 0.3) is 0 Å². The Morgan fingerprint density at radius 2 is 1.76 bits per heavy atom. The zero-order valence-electron chi connectivity index (χ0n) is 12.2. The van der Waals surface area contributed by atoms with Crippen LogP contribution in [-0.2, 0) is 0 Å². The van der Waals surface area contributed by atoms with Crippen molar-refractivity contribution in [1.29, 1.82) is 0 Å². The second-order valence-electron chi connectivity index (χ2n) is 4.80. The smallest absolute Gasteiger partial charge is 0.153 e. The van der Waals surface area contributed by atoms with E-state index in [1.165, 1.54) is 0 Å². The number of ether oxygens (including phenoxy) is 2. The standard InChI is InChI=1S/C17H18N2O2/c1-3-20-13-8-10-14(11-9-13)21-12(2)17-18-15-6-4-5-7-16(15)19-17/h4-12H,3H2,1-2H3,(H,18,19)/t12-/m1/s1. The number of nitrogens with one attached hydrogen (secondary N) is 1. The number of para-hydroxylation sites is 2. The van der Waals surface area contributed by atoms with E-state index in [9.17, 15) is 0 Å². The van der Waals surface area contributed by atoms with Crippen LogP contribution in [0.3, 0.4) is 0 Å². The van der Waals surface area contributed by atoms with Gasteiger partial charge in [-0.15, -0.1) is 0 Å². The summed E-state index contributed by atoms with van der Waals surface area (Å²) in [7, 11) is 0. The number of aromatic amines is 1. The molecule has 0 saturated heterocycles. The summed E-state index contributed by atoms with van der Waals surface area (Å²) in [4.78, 5) is 7.84. The Labute approximate surface area is 123 Å². The van der Waals surface area contributed by atoms with E-state index in [0.717, 1.165) is 28.4 Å². The highest BCUT2D eigenvalue weighted by atomic mass is 16.5. The summed E-state index contributed by atoms with van der Waals surface area (Å²) in [6.45, 7) is 4.61. The number of aromatic nitrogens is 2. The zero-order chi connectivity index (χ0) is 14.7. The summed E-state index contributed by atoms with van der Waals surface area (Å²) < 4.78 is 11.3. The van der Waals surface area contributed by atoms with E-state index < -0.39 is 0 Å². The molecule has 0 aliphatic heterocycles. The SMILES string of the molecule is CCOc1ccc(O[C@H](C)c2nc3ccccc3[nH]2)cc1. The highest BCUT2D eigenvalue weighted by Crippen LogP contribution is 2.24. The van der Waals surface area contributed by atoms with Crippen LogP contribution in [0.2, 0.25) is 0 Å². The van der Waals surface area contributed by atoms with Gasteiger partial charge >= 0.3 is 0 Å². The lowest BCUT2D eigenvalue weighted by atomic mass is 10.3. The Hall–Kier alpha value is -2.49. The maximum absolute atomic E-state index is 5.91. The molecule has 0 aliphatic rings. The molecule has 0 unspecified atom stereocenters. The third kappa shape index (κ3) is 2.99. The zero-order valence-corrected chi connectivity index (χ0v) is 12.2. The molecule has 21 heavy (non-hydrogen) atoms. The molecule has 3 rings (SSSR count). The first-order chi connectivity index (χ1) is 10.3. The van der Waals surface area contributed by atoms with Gasteiger partial charge in [-0.1, -0.05) is 12.1 Å². The third-order valence-corrected chi connectivity index (χ3v) is 3.24. The maximum Gasteiger partial charge on any atom is 0.153 e. The molecular weight excluding hydrogens is 264 g/mol. The Balaban J connectivity index is 1.74. The normalized spacial score (nSPS) is 12.3. The Bertz CT molecular complexity index is 686. The molecule has 108 valence electrons. The first kappa shape index (κ1) is 13.5. The Morgan fingerprint density at radius 1 is 1.05 bits per heavy atom. The topological polar surface area (TPSA) is 47.1 Å². The van der Waals surface area contributed by atoms with Crippen molar-refractivity contribution in [2.45, 2.75) is 20.0 Å². The van der Waals surface area contributed by atoms with Crippen molar-refractivity contribution < 1.29 is 9.47 Å². The van der Waals surface area contributed by atoms with Crippen LogP contribution >= 0.6 is 0 Å². The fourth-order valence-electron chi connectivity index (χ4n) is 2.21. The number of fused-ring (bicyclic) bond motifs is 1. The maximum atomic E-state index is 5.91. The van der Waals surface area contributed by atoms with Crippen molar-refractivity contribution in [3.8, 4) is 11.5 Å². The van der Waals surface area contributed by atoms with Crippen LogP contribution in [0.5, 0.6) is 11.5 Å². The number of benzene rings is 2. The minimum atomic E-state index is -0.143. The minimum Gasteiger partial charge on any atom is -0.494 e. The fourth-order valence-corrected chi connectivity index (χ4v) is 2.21. The van der Waals surface area contributed by atoms with Crippen LogP contribution in [0.15, 0.2) is 48.5 Å². The number of hydrogen-bond acceptors (Lipinski definition) is 3. The first-order valence-corrected chi connectivity index (χ1v) is 7.10. The van der Waals surface area contributed by atoms with Gasteiger partial charge in [0, 0.05) is 0 Å². The van der Waals surface area contributed by atoms with Gasteiger partial charge in [-0.2, -0.15) is 0 Å². The van der Waals surface area contributed by atoms with Gasteiger partial charge in [0.15, 0.2) is 6.10 Å². The van der Waals surface area contributed by atoms with E-state index in [-0.39, 0.29) is 6.10 Å². The quantitative estimate of drug-likeness (QED) is 0.766. The molecule has 1 heterocycles. The van der Waals surface area contributed by atoms with Gasteiger partial charge < -0.3 is 14.5 Å². The van der Waals surface area contributed by atoms with E-state index >= 15 is 0 Å². The Morgan fingerprint density at radius 3 is 2.48 bits per heavy atom. The van der Waals surface area contributed by atoms with Crippen LogP contribution in [0.4, 0.5) is 0 Å². The lowest BCUT2D eigenvalue weighted by Crippen LogP contribution is -2.05. The van der Waals surface area contributed by atoms with Crippen molar-refractivity contribution in [3.63, 3.8) is 0 Å². The van der Waals surface area contributed by atoms with Crippen molar-refractivity contribution in [1.82, 2.24) is 9.97 Å². The van der Waals surface area contributed by atoms with Crippen LogP contribution < -0.4 is 9.47 Å². The van der Waals surface area contributed by atoms with Crippen LogP contribution in [0.25, 0.3) is 11.0 Å². The molecule has 1 N–H and O–H groups in total. The highest BCUT2D eigenvalue weighted by Gasteiger charge is 2.12. The number of rotatable bonds is 5. The van der Waals surface area contributed by atoms with Gasteiger partial charge in [0.1, 0.15) is 17.3 Å². The molecular formula is C17H18N2O2. The fraction of sp³-hybridized carbons (Fsp3) is 0.235. The van der Waals surface area contributed by atoms with Gasteiger partial charge in [0.05, 0.1) is 17.6 Å². The van der Waals surface area contributed by atoms with Gasteiger partial charge in [-0.25, -0.2) is 4.98 Å². The molecule has 0 fully saturated rings. The largest absolute Gasteiger partial charge is 0.494 e. The van der Waals surface area contributed by atoms with Crippen molar-refractivity contribution in [2.75, 3.05) is 6.61 Å². The highest BCUT2D eigenvalue weighted by molar-refractivity contribution is 5.74. The molecule has 1 atom stereocenters. The monoisotopic (exact) mass is 282 g/mol. The van der Waals surface area contributed by atoms with Gasteiger partial charge in [-0.3, -0.25) is 0 Å². The minimum absolute atomic E-state index is 0.143. The van der Waals surface area contributed by atoms with Gasteiger partial charge in [0.2, 0.25) is 0 Å². The van der Waals surface area contributed by atoms with Crippen molar-refractivity contribution >= 4 is 11.0 Å². The average molecular weight is 282 g/mol. The average Bonchev–Trinajstić information content (AvgIpc) is 2.94. The van der Waals surface area contributed by atoms with Crippen LogP contribution in [0.1, 0.15) is 25.8 Å². The lowest BCUT2D eigenvalue weighted by Gasteiger charge is -2.12. The third-order valence-electron chi connectivity index (χ3n) is 3.24. The molecule has 0 saturated carbocycles. The summed E-state index contributed by atoms with van der Waals surface area (Å²) in [5, 5.41) is 0. The van der Waals surface area contributed by atoms with E-state index in [1.807, 2.05) is 62.4 Å². The Kier molecular flexibility index (Phi) is 3.77. The van der Waals surface area contributed by atoms with Crippen molar-refractivity contribution in [2.24, 2.45) is 0 Å². The van der Waals surface area contributed by atoms with Crippen LogP contribution in [0, 0.1) is 0 Å². The van der Waals surface area contributed by atoms with Crippen molar-refractivity contribution in [3.05, 3.63) is 54.4 Å². The molecule has 4 heteroatoms. The molecule has 0 spiro atoms. The summed E-state index contributed by atoms with van der Waals surface area (Å²) in [5.74, 6) is 2.47. The number of H-pyrrole nitrogens is 1. The number of hydrogen-bond donors (Lipinski definition) is 1. The van der Waals surface area contributed by atoms with Gasteiger partial charge in [-0.05, 0) is 50.2 Å². The number of nitrogens with zero attached hydrogens (tertiary/aromatic N) is 1. The molecule has 0 bridgehead atoms. The molecule has 3 aromatic rings. The van der Waals surface area contributed by atoms with Crippen LogP contribution in [-0.4, -0.2) is 16.6 Å². The predicted octanol–water partition coefficient (Wildman–Crippen LogP) is 4.10. The summed E-state index contributed by atoms with van der Waals surface area (Å²) in [6.07, 6.45) is -0.143. The molecule has 4 nitrogen and oxygen atoms in total. The van der Waals surface area contributed by atoms with E-state index in [0.29, 0.717) is 6.61 Å². The summed E-state index contributed by atoms with van der Waals surface area (Å²) in [6, 6.07) is 15.6. The molecule has 0 radical (unpaired) electrons. The van der Waals surface area contributed by atoms with E-state index in [2.05, 4.69) is 9.97 Å². The lowest BCUT2D eigenvalue weighted by molar-refractivity contribution is 0.217. The number of imidazole rings is 1. The molecule has 0 amide bonds. The molecule has 2 aromatic carbocycles. The summed E-state index contributed by atoms with van der Waals surface area (Å²) in [5.41, 5.74) is 1.98. The second-order valence-corrected chi connectivity index (χ2v) is 4.80. The predicted molar refractivity (Wildman–Crippen MR) is 82.7 cm³/mol. The first-order valence-electron chi connectivity index (χ1n) is 7.10. The molecule has 0 aliphatic carbocycles. The second kappa shape index (κ2) is 5.87. The van der Waals surface area contributed by atoms with E-state index in [4.69, 9.17) is 9.47 Å². The summed E-state index contributed by atoms with van der Waals surface area (Å²) >= 11 is 0. The molecule has 1 aromatic heterocycles. The van der Waals surface area contributed by atoms with E-state index in [1.54, 1.807) is 0 Å².